The quantitative estimate of drug-likeness (QED) is 0.533. The summed E-state index contributed by atoms with van der Waals surface area (Å²) in [5, 5.41) is 0. The number of nitrogens with one attached hydrogen (secondary N) is 1. The highest BCUT2D eigenvalue weighted by Crippen LogP contribution is 2.10. The lowest BCUT2D eigenvalue weighted by Crippen LogP contribution is -2.36. The van der Waals surface area contributed by atoms with E-state index in [4.69, 9.17) is 11.8 Å². The second-order valence-electron chi connectivity index (χ2n) is 3.08. The Morgan fingerprint density at radius 2 is 2.33 bits per heavy atom. The van der Waals surface area contributed by atoms with Crippen LogP contribution >= 0.6 is 11.8 Å². The molecule has 0 atom stereocenters. The highest BCUT2D eigenvalue weighted by Gasteiger charge is 2.16. The topological polar surface area (TPSA) is 32.3 Å². The monoisotopic (exact) mass is 190 g/mol. The van der Waals surface area contributed by atoms with Crippen LogP contribution < -0.4 is 4.84 Å². The Kier molecular flexibility index (Phi) is 4.40. The summed E-state index contributed by atoms with van der Waals surface area (Å²) < 4.78 is 0. The Hall–Kier alpha value is -0.280. The first kappa shape index (κ1) is 9.81. The van der Waals surface area contributed by atoms with E-state index in [1.54, 1.807) is 0 Å². The number of hydrogen-bond acceptors (Lipinski definition) is 2. The number of nitrogens with zero attached hydrogens (tertiary/aromatic N) is 1. The molecule has 0 unspecified atom stereocenters. The van der Waals surface area contributed by atoms with Gasteiger partial charge in [0.05, 0.1) is 0 Å². The molecule has 3 nitrogen and oxygen atoms in total. The standard InChI is InChI=1S/C8H15ClN2O/c9-10-5-3-7-11-6-2-1-4-8(11)12/h10H,1-7H2. The van der Waals surface area contributed by atoms with Gasteiger partial charge in [0.15, 0.2) is 0 Å². The molecule has 0 spiro atoms. The molecule has 1 amide bonds. The second-order valence-corrected chi connectivity index (χ2v) is 3.34. The van der Waals surface area contributed by atoms with Crippen molar-refractivity contribution in [2.24, 2.45) is 0 Å². The maximum absolute atomic E-state index is 11.3. The number of halogens is 1. The van der Waals surface area contributed by atoms with Crippen LogP contribution in [0.3, 0.4) is 0 Å². The van der Waals surface area contributed by atoms with Gasteiger partial charge in [0.25, 0.3) is 0 Å². The maximum atomic E-state index is 11.3. The van der Waals surface area contributed by atoms with Gasteiger partial charge in [0.1, 0.15) is 0 Å². The number of likely N-dealkylation sites (tertiary alicyclic amines) is 1. The van der Waals surface area contributed by atoms with Gasteiger partial charge >= 0.3 is 0 Å². The van der Waals surface area contributed by atoms with Gasteiger partial charge in [-0.25, -0.2) is 4.84 Å². The van der Waals surface area contributed by atoms with Gasteiger partial charge in [-0.15, -0.1) is 0 Å². The van der Waals surface area contributed by atoms with Gasteiger partial charge in [-0.1, -0.05) is 0 Å². The molecule has 4 heteroatoms. The fraction of sp³-hybridized carbons (Fsp3) is 0.875. The predicted octanol–water partition coefficient (Wildman–Crippen LogP) is 1.13. The van der Waals surface area contributed by atoms with Gasteiger partial charge < -0.3 is 4.90 Å². The van der Waals surface area contributed by atoms with Gasteiger partial charge in [-0.05, 0) is 31.0 Å². The normalized spacial score (nSPS) is 18.4. The smallest absolute Gasteiger partial charge is 0.222 e. The second kappa shape index (κ2) is 5.38. The minimum Gasteiger partial charge on any atom is -0.343 e. The Balaban J connectivity index is 2.16. The van der Waals surface area contributed by atoms with Crippen molar-refractivity contribution < 1.29 is 4.79 Å². The van der Waals surface area contributed by atoms with Crippen LogP contribution in [0.15, 0.2) is 0 Å². The van der Waals surface area contributed by atoms with Crippen LogP contribution in [0.4, 0.5) is 0 Å². The molecule has 0 bridgehead atoms. The lowest BCUT2D eigenvalue weighted by molar-refractivity contribution is -0.133. The maximum Gasteiger partial charge on any atom is 0.222 e. The van der Waals surface area contributed by atoms with E-state index in [1.165, 1.54) is 0 Å². The molecule has 0 aliphatic carbocycles. The first-order valence-corrected chi connectivity index (χ1v) is 4.83. The van der Waals surface area contributed by atoms with Crippen LogP contribution in [0.5, 0.6) is 0 Å². The molecule has 0 aromatic carbocycles. The summed E-state index contributed by atoms with van der Waals surface area (Å²) in [6.45, 7) is 2.55. The Morgan fingerprint density at radius 3 is 3.00 bits per heavy atom. The van der Waals surface area contributed by atoms with Crippen molar-refractivity contribution in [3.63, 3.8) is 0 Å². The molecule has 1 rings (SSSR count). The summed E-state index contributed by atoms with van der Waals surface area (Å²) in [4.78, 5) is 15.7. The third-order valence-corrected chi connectivity index (χ3v) is 2.31. The minimum atomic E-state index is 0.302. The van der Waals surface area contributed by atoms with Crippen LogP contribution in [0, 0.1) is 0 Å². The number of piperidine rings is 1. The highest BCUT2D eigenvalue weighted by atomic mass is 35.5. The van der Waals surface area contributed by atoms with Crippen molar-refractivity contribution in [1.29, 1.82) is 0 Å². The third kappa shape index (κ3) is 2.99. The van der Waals surface area contributed by atoms with E-state index in [0.29, 0.717) is 5.91 Å². The summed E-state index contributed by atoms with van der Waals surface area (Å²) in [5.41, 5.74) is 0. The number of rotatable bonds is 4. The summed E-state index contributed by atoms with van der Waals surface area (Å²) in [7, 11) is 0. The van der Waals surface area contributed by atoms with Crippen LogP contribution in [0.2, 0.25) is 0 Å². The Bertz CT molecular complexity index is 152. The molecule has 12 heavy (non-hydrogen) atoms. The summed E-state index contributed by atoms with van der Waals surface area (Å²) in [5.74, 6) is 0.302. The molecule has 1 fully saturated rings. The number of carbonyl (C=O) groups excluding carboxylic acids is 1. The first-order valence-electron chi connectivity index (χ1n) is 4.46. The summed E-state index contributed by atoms with van der Waals surface area (Å²) in [6.07, 6.45) is 3.88. The zero-order valence-electron chi connectivity index (χ0n) is 7.18. The summed E-state index contributed by atoms with van der Waals surface area (Å²) >= 11 is 5.30. The minimum absolute atomic E-state index is 0.302. The van der Waals surface area contributed by atoms with Crippen LogP contribution in [-0.2, 0) is 4.79 Å². The van der Waals surface area contributed by atoms with Crippen LogP contribution in [-0.4, -0.2) is 30.4 Å². The molecular formula is C8H15ClN2O. The Labute approximate surface area is 78.2 Å². The molecule has 0 aromatic rings. The summed E-state index contributed by atoms with van der Waals surface area (Å²) in [6, 6.07) is 0. The molecule has 0 aromatic heterocycles. The van der Waals surface area contributed by atoms with Crippen LogP contribution in [0.25, 0.3) is 0 Å². The lowest BCUT2D eigenvalue weighted by Gasteiger charge is -2.26. The van der Waals surface area contributed by atoms with Gasteiger partial charge in [-0.2, -0.15) is 0 Å². The average molecular weight is 191 g/mol. The van der Waals surface area contributed by atoms with Gasteiger partial charge in [0.2, 0.25) is 5.91 Å². The van der Waals surface area contributed by atoms with E-state index in [1.807, 2.05) is 4.90 Å². The van der Waals surface area contributed by atoms with E-state index >= 15 is 0 Å². The molecule has 1 aliphatic rings. The predicted molar refractivity (Wildman–Crippen MR) is 48.9 cm³/mol. The fourth-order valence-corrected chi connectivity index (χ4v) is 1.57. The van der Waals surface area contributed by atoms with Gasteiger partial charge in [-0.3, -0.25) is 4.79 Å². The molecule has 1 saturated heterocycles. The zero-order valence-corrected chi connectivity index (χ0v) is 7.94. The van der Waals surface area contributed by atoms with Crippen molar-refractivity contribution >= 4 is 17.7 Å². The number of amides is 1. The number of hydrogen-bond donors (Lipinski definition) is 1. The molecule has 1 aliphatic heterocycles. The molecular weight excluding hydrogens is 176 g/mol. The van der Waals surface area contributed by atoms with E-state index in [-0.39, 0.29) is 0 Å². The average Bonchev–Trinajstić information content (AvgIpc) is 2.09. The Morgan fingerprint density at radius 1 is 1.50 bits per heavy atom. The molecule has 0 saturated carbocycles. The largest absolute Gasteiger partial charge is 0.343 e. The SMILES string of the molecule is O=C1CCCCN1CCCNCl. The molecule has 70 valence electrons. The first-order chi connectivity index (χ1) is 5.84. The van der Waals surface area contributed by atoms with Crippen molar-refractivity contribution in [3.8, 4) is 0 Å². The third-order valence-electron chi connectivity index (χ3n) is 2.12. The van der Waals surface area contributed by atoms with Crippen molar-refractivity contribution in [2.75, 3.05) is 19.6 Å². The fourth-order valence-electron chi connectivity index (χ4n) is 1.43. The number of carbonyl (C=O) groups is 1. The zero-order chi connectivity index (χ0) is 8.81. The molecule has 0 radical (unpaired) electrons. The van der Waals surface area contributed by atoms with Gasteiger partial charge in [0, 0.05) is 26.1 Å². The van der Waals surface area contributed by atoms with E-state index in [2.05, 4.69) is 4.84 Å². The van der Waals surface area contributed by atoms with Crippen molar-refractivity contribution in [2.45, 2.75) is 25.7 Å². The molecule has 1 N–H and O–H groups in total. The van der Waals surface area contributed by atoms with Crippen molar-refractivity contribution in [1.82, 2.24) is 9.74 Å². The molecule has 1 heterocycles. The van der Waals surface area contributed by atoms with Crippen LogP contribution in [0.1, 0.15) is 25.7 Å². The van der Waals surface area contributed by atoms with E-state index in [9.17, 15) is 4.79 Å². The van der Waals surface area contributed by atoms with E-state index < -0.39 is 0 Å². The van der Waals surface area contributed by atoms with Crippen molar-refractivity contribution in [3.05, 3.63) is 0 Å². The lowest BCUT2D eigenvalue weighted by atomic mass is 10.1. The highest BCUT2D eigenvalue weighted by molar-refractivity contribution is 6.13. The van der Waals surface area contributed by atoms with E-state index in [0.717, 1.165) is 45.3 Å².